The van der Waals surface area contributed by atoms with Crippen molar-refractivity contribution in [2.75, 3.05) is 25.2 Å². The number of nitro groups is 1. The highest BCUT2D eigenvalue weighted by Crippen LogP contribution is 2.31. The number of nitro benzene ring substituents is 1. The Hall–Kier alpha value is -3.60. The summed E-state index contributed by atoms with van der Waals surface area (Å²) in [6, 6.07) is 15.0. The Morgan fingerprint density at radius 3 is 2.62 bits per heavy atom. The first-order valence-electron chi connectivity index (χ1n) is 7.74. The molecule has 0 aliphatic heterocycles. The van der Waals surface area contributed by atoms with Crippen LogP contribution < -0.4 is 14.4 Å². The topological polar surface area (TPSA) is 106 Å². The molecule has 134 valence electrons. The Bertz CT molecular complexity index is 817. The van der Waals surface area contributed by atoms with Gasteiger partial charge in [-0.3, -0.25) is 14.9 Å². The molecule has 0 aromatic heterocycles. The molecule has 0 spiro atoms. The van der Waals surface area contributed by atoms with Gasteiger partial charge in [0, 0.05) is 12.2 Å². The number of nitriles is 1. The van der Waals surface area contributed by atoms with Gasteiger partial charge in [0.1, 0.15) is 5.75 Å². The number of ether oxygens (including phenoxy) is 2. The van der Waals surface area contributed by atoms with Gasteiger partial charge < -0.3 is 14.4 Å². The van der Waals surface area contributed by atoms with Gasteiger partial charge in [-0.05, 0) is 24.3 Å². The van der Waals surface area contributed by atoms with E-state index in [1.165, 1.54) is 30.2 Å². The molecule has 0 aliphatic carbocycles. The van der Waals surface area contributed by atoms with Crippen LogP contribution in [0.5, 0.6) is 11.5 Å². The van der Waals surface area contributed by atoms with E-state index in [0.29, 0.717) is 11.4 Å². The summed E-state index contributed by atoms with van der Waals surface area (Å²) in [7, 11) is 1.40. The van der Waals surface area contributed by atoms with Crippen LogP contribution in [-0.4, -0.2) is 31.1 Å². The number of methoxy groups -OCH3 is 1. The second kappa shape index (κ2) is 9.03. The maximum absolute atomic E-state index is 12.5. The summed E-state index contributed by atoms with van der Waals surface area (Å²) in [5.74, 6) is -0.121. The third-order valence-electron chi connectivity index (χ3n) is 3.53. The lowest BCUT2D eigenvalue weighted by molar-refractivity contribution is -0.385. The summed E-state index contributed by atoms with van der Waals surface area (Å²) in [6.07, 6.45) is 0.156. The zero-order valence-electron chi connectivity index (χ0n) is 14.1. The quantitative estimate of drug-likeness (QED) is 0.532. The summed E-state index contributed by atoms with van der Waals surface area (Å²) in [5, 5.41) is 20.0. The van der Waals surface area contributed by atoms with Crippen LogP contribution >= 0.6 is 0 Å². The average Bonchev–Trinajstić information content (AvgIpc) is 2.67. The second-order valence-electron chi connectivity index (χ2n) is 5.17. The highest BCUT2D eigenvalue weighted by molar-refractivity contribution is 5.94. The zero-order valence-corrected chi connectivity index (χ0v) is 14.1. The van der Waals surface area contributed by atoms with Crippen LogP contribution in [0.4, 0.5) is 11.4 Å². The van der Waals surface area contributed by atoms with Gasteiger partial charge in [0.2, 0.25) is 0 Å². The van der Waals surface area contributed by atoms with Gasteiger partial charge >= 0.3 is 5.69 Å². The maximum atomic E-state index is 12.5. The van der Waals surface area contributed by atoms with Crippen LogP contribution in [-0.2, 0) is 4.79 Å². The normalized spacial score (nSPS) is 9.85. The molecule has 0 aliphatic rings. The number of para-hydroxylation sites is 1. The lowest BCUT2D eigenvalue weighted by Crippen LogP contribution is -2.35. The number of amides is 1. The van der Waals surface area contributed by atoms with E-state index < -0.39 is 17.4 Å². The molecule has 8 nitrogen and oxygen atoms in total. The number of hydrogen-bond donors (Lipinski definition) is 0. The molecular formula is C18H17N3O5. The van der Waals surface area contributed by atoms with Gasteiger partial charge in [0.05, 0.1) is 30.6 Å². The maximum Gasteiger partial charge on any atom is 0.314 e. The molecule has 0 atom stereocenters. The molecule has 8 heteroatoms. The van der Waals surface area contributed by atoms with Crippen LogP contribution in [0.1, 0.15) is 6.42 Å². The Kier molecular flexibility index (Phi) is 6.51. The van der Waals surface area contributed by atoms with Crippen molar-refractivity contribution in [2.24, 2.45) is 0 Å². The predicted octanol–water partition coefficient (Wildman–Crippen LogP) is 2.93. The van der Waals surface area contributed by atoms with Crippen LogP contribution in [0, 0.1) is 21.4 Å². The first kappa shape index (κ1) is 18.7. The predicted molar refractivity (Wildman–Crippen MR) is 94.2 cm³/mol. The van der Waals surface area contributed by atoms with Gasteiger partial charge in [-0.25, -0.2) is 0 Å². The molecule has 0 heterocycles. The van der Waals surface area contributed by atoms with E-state index in [1.54, 1.807) is 24.3 Å². The van der Waals surface area contributed by atoms with Gasteiger partial charge in [0.25, 0.3) is 5.91 Å². The zero-order chi connectivity index (χ0) is 18.9. The minimum absolute atomic E-state index is 0.0301. The highest BCUT2D eigenvalue weighted by atomic mass is 16.6. The Morgan fingerprint density at radius 2 is 2.00 bits per heavy atom. The number of hydrogen-bond acceptors (Lipinski definition) is 6. The van der Waals surface area contributed by atoms with E-state index in [-0.39, 0.29) is 24.4 Å². The molecule has 0 N–H and O–H groups in total. The summed E-state index contributed by atoms with van der Waals surface area (Å²) in [5.41, 5.74) is 0.334. The van der Waals surface area contributed by atoms with Crippen molar-refractivity contribution in [3.05, 3.63) is 58.6 Å². The molecule has 0 unspecified atom stereocenters. The monoisotopic (exact) mass is 355 g/mol. The molecular weight excluding hydrogens is 338 g/mol. The first-order valence-corrected chi connectivity index (χ1v) is 7.74. The van der Waals surface area contributed by atoms with E-state index in [2.05, 4.69) is 0 Å². The number of carbonyl (C=O) groups is 1. The first-order chi connectivity index (χ1) is 12.6. The molecule has 2 aromatic carbocycles. The fourth-order valence-corrected chi connectivity index (χ4v) is 2.27. The lowest BCUT2D eigenvalue weighted by Gasteiger charge is -2.21. The molecule has 0 radical (unpaired) electrons. The summed E-state index contributed by atoms with van der Waals surface area (Å²) in [6.45, 7) is -0.194. The molecule has 0 fully saturated rings. The van der Waals surface area contributed by atoms with Crippen LogP contribution in [0.15, 0.2) is 48.5 Å². The van der Waals surface area contributed by atoms with Crippen molar-refractivity contribution in [3.8, 4) is 17.6 Å². The van der Waals surface area contributed by atoms with Crippen molar-refractivity contribution in [3.63, 3.8) is 0 Å². The van der Waals surface area contributed by atoms with Crippen LogP contribution in [0.25, 0.3) is 0 Å². The number of nitrogens with zero attached hydrogens (tertiary/aromatic N) is 3. The molecule has 2 aromatic rings. The van der Waals surface area contributed by atoms with Crippen LogP contribution in [0.3, 0.4) is 0 Å². The number of anilines is 1. The molecule has 0 bridgehead atoms. The Labute approximate surface area is 150 Å². The van der Waals surface area contributed by atoms with Gasteiger partial charge in [-0.2, -0.15) is 5.26 Å². The van der Waals surface area contributed by atoms with Gasteiger partial charge in [-0.1, -0.05) is 18.2 Å². The van der Waals surface area contributed by atoms with E-state index >= 15 is 0 Å². The fourth-order valence-electron chi connectivity index (χ4n) is 2.27. The molecule has 26 heavy (non-hydrogen) atoms. The van der Waals surface area contributed by atoms with E-state index in [9.17, 15) is 14.9 Å². The Morgan fingerprint density at radius 1 is 1.27 bits per heavy atom. The van der Waals surface area contributed by atoms with E-state index in [4.69, 9.17) is 14.7 Å². The summed E-state index contributed by atoms with van der Waals surface area (Å²) < 4.78 is 10.3. The molecule has 2 rings (SSSR count). The van der Waals surface area contributed by atoms with Crippen molar-refractivity contribution in [1.82, 2.24) is 0 Å². The molecule has 0 saturated carbocycles. The number of carbonyl (C=O) groups excluding carboxylic acids is 1. The standard InChI is InChI=1S/C18H17N3O5/c1-25-15-8-9-17(16(12-15)21(23)24)26-13-18(22)20(11-5-10-19)14-6-3-2-4-7-14/h2-4,6-9,12H,5,11,13H2,1H3. The molecule has 0 saturated heterocycles. The highest BCUT2D eigenvalue weighted by Gasteiger charge is 2.20. The fraction of sp³-hybridized carbons (Fsp3) is 0.222. The number of benzene rings is 2. The second-order valence-corrected chi connectivity index (χ2v) is 5.17. The van der Waals surface area contributed by atoms with Crippen LogP contribution in [0.2, 0.25) is 0 Å². The van der Waals surface area contributed by atoms with Crippen molar-refractivity contribution < 1.29 is 19.2 Å². The van der Waals surface area contributed by atoms with Crippen molar-refractivity contribution >= 4 is 17.3 Å². The van der Waals surface area contributed by atoms with Gasteiger partial charge in [0.15, 0.2) is 12.4 Å². The van der Waals surface area contributed by atoms with E-state index in [0.717, 1.165) is 0 Å². The number of rotatable bonds is 8. The Balaban J connectivity index is 2.15. The SMILES string of the molecule is COc1ccc(OCC(=O)N(CCC#N)c2ccccc2)c([N+](=O)[O-])c1. The van der Waals surface area contributed by atoms with Crippen molar-refractivity contribution in [1.29, 1.82) is 5.26 Å². The summed E-state index contributed by atoms with van der Waals surface area (Å²) in [4.78, 5) is 24.5. The minimum atomic E-state index is -0.604. The van der Waals surface area contributed by atoms with E-state index in [1.807, 2.05) is 12.1 Å². The summed E-state index contributed by atoms with van der Waals surface area (Å²) >= 11 is 0. The largest absolute Gasteiger partial charge is 0.496 e. The lowest BCUT2D eigenvalue weighted by atomic mass is 10.2. The third kappa shape index (κ3) is 4.70. The van der Waals surface area contributed by atoms with Crippen molar-refractivity contribution in [2.45, 2.75) is 6.42 Å². The smallest absolute Gasteiger partial charge is 0.314 e. The average molecular weight is 355 g/mol. The minimum Gasteiger partial charge on any atom is -0.496 e. The third-order valence-corrected chi connectivity index (χ3v) is 3.53. The molecule has 1 amide bonds. The van der Waals surface area contributed by atoms with Gasteiger partial charge in [-0.15, -0.1) is 0 Å².